The molecule has 0 spiro atoms. The quantitative estimate of drug-likeness (QED) is 0.761. The van der Waals surface area contributed by atoms with E-state index in [0.717, 1.165) is 31.7 Å². The first-order valence-electron chi connectivity index (χ1n) is 6.99. The Hall–Kier alpha value is -0.910. The maximum absolute atomic E-state index is 6.28. The van der Waals surface area contributed by atoms with Gasteiger partial charge in [-0.2, -0.15) is 5.10 Å². The third-order valence-electron chi connectivity index (χ3n) is 3.09. The summed E-state index contributed by atoms with van der Waals surface area (Å²) in [6.45, 7) is 8.58. The van der Waals surface area contributed by atoms with Gasteiger partial charge in [0.25, 0.3) is 0 Å². The first-order chi connectivity index (χ1) is 8.88. The summed E-state index contributed by atoms with van der Waals surface area (Å²) in [5, 5.41) is 4.19. The molecule has 1 aromatic rings. The van der Waals surface area contributed by atoms with Crippen LogP contribution in [0.2, 0.25) is 0 Å². The molecule has 1 rings (SSSR count). The average Bonchev–Trinajstić information content (AvgIpc) is 2.72. The maximum Gasteiger partial charge on any atom is 0.0537 e. The van der Waals surface area contributed by atoms with Crippen molar-refractivity contribution >= 4 is 0 Å². The van der Waals surface area contributed by atoms with Crippen molar-refractivity contribution in [3.05, 3.63) is 18.0 Å². The lowest BCUT2D eigenvalue weighted by Gasteiger charge is -2.28. The molecule has 5 nitrogen and oxygen atoms in total. The lowest BCUT2D eigenvalue weighted by molar-refractivity contribution is 0.208. The first kappa shape index (κ1) is 16.1. The molecule has 1 aromatic heterocycles. The lowest BCUT2D eigenvalue weighted by atomic mass is 10.1. The molecule has 1 atom stereocenters. The van der Waals surface area contributed by atoms with Gasteiger partial charge in [0, 0.05) is 51.0 Å². The van der Waals surface area contributed by atoms with Gasteiger partial charge in [-0.1, -0.05) is 13.8 Å². The topological polar surface area (TPSA) is 50.3 Å². The van der Waals surface area contributed by atoms with Crippen LogP contribution in [0, 0.1) is 5.92 Å². The maximum atomic E-state index is 6.28. The van der Waals surface area contributed by atoms with Crippen LogP contribution in [0.15, 0.2) is 12.4 Å². The molecule has 5 heteroatoms. The van der Waals surface area contributed by atoms with Crippen molar-refractivity contribution in [3.63, 3.8) is 0 Å². The van der Waals surface area contributed by atoms with Crippen LogP contribution >= 0.6 is 0 Å². The van der Waals surface area contributed by atoms with Gasteiger partial charge in [-0.3, -0.25) is 9.58 Å². The second kappa shape index (κ2) is 7.62. The molecule has 0 aliphatic heterocycles. The number of aryl methyl sites for hydroxylation is 1. The van der Waals surface area contributed by atoms with E-state index in [2.05, 4.69) is 42.8 Å². The molecule has 1 unspecified atom stereocenters. The molecule has 0 amide bonds. The Kier molecular flexibility index (Phi) is 6.48. The molecule has 0 aliphatic rings. The summed E-state index contributed by atoms with van der Waals surface area (Å²) in [4.78, 5) is 4.66. The molecule has 0 fully saturated rings. The van der Waals surface area contributed by atoms with Crippen molar-refractivity contribution in [3.8, 4) is 0 Å². The Morgan fingerprint density at radius 1 is 1.26 bits per heavy atom. The molecule has 0 bridgehead atoms. The normalized spacial score (nSPS) is 13.7. The van der Waals surface area contributed by atoms with E-state index < -0.39 is 0 Å². The van der Waals surface area contributed by atoms with Crippen molar-refractivity contribution < 1.29 is 0 Å². The van der Waals surface area contributed by atoms with Gasteiger partial charge in [0.15, 0.2) is 0 Å². The van der Waals surface area contributed by atoms with Crippen LogP contribution in [0.1, 0.15) is 25.5 Å². The Bertz CT molecular complexity index is 358. The van der Waals surface area contributed by atoms with E-state index in [9.17, 15) is 0 Å². The van der Waals surface area contributed by atoms with Crippen LogP contribution in [0.4, 0.5) is 0 Å². The van der Waals surface area contributed by atoms with E-state index in [1.54, 1.807) is 0 Å². The van der Waals surface area contributed by atoms with Crippen molar-refractivity contribution in [2.75, 3.05) is 40.3 Å². The number of hydrogen-bond acceptors (Lipinski definition) is 4. The number of likely N-dealkylation sites (N-methyl/N-ethyl adjacent to an activating group) is 1. The third kappa shape index (κ3) is 6.18. The van der Waals surface area contributed by atoms with Gasteiger partial charge in [0.2, 0.25) is 0 Å². The van der Waals surface area contributed by atoms with E-state index in [4.69, 9.17) is 5.73 Å². The van der Waals surface area contributed by atoms with E-state index in [1.165, 1.54) is 0 Å². The van der Waals surface area contributed by atoms with Crippen LogP contribution in [0.5, 0.6) is 0 Å². The molecule has 0 radical (unpaired) electrons. The number of aromatic nitrogens is 2. The smallest absolute Gasteiger partial charge is 0.0537 e. The van der Waals surface area contributed by atoms with Crippen LogP contribution in [-0.4, -0.2) is 59.9 Å². The predicted molar refractivity (Wildman–Crippen MR) is 80.0 cm³/mol. The average molecular weight is 267 g/mol. The molecule has 19 heavy (non-hydrogen) atoms. The fourth-order valence-corrected chi connectivity index (χ4v) is 2.13. The Morgan fingerprint density at radius 2 is 1.95 bits per heavy atom. The lowest BCUT2D eigenvalue weighted by Crippen LogP contribution is -2.38. The number of nitrogens with zero attached hydrogens (tertiary/aromatic N) is 4. The molecule has 110 valence electrons. The number of nitrogens with two attached hydrogens (primary N) is 1. The summed E-state index contributed by atoms with van der Waals surface area (Å²) < 4.78 is 1.81. The third-order valence-corrected chi connectivity index (χ3v) is 3.09. The highest BCUT2D eigenvalue weighted by Crippen LogP contribution is 2.11. The number of hydrogen-bond donors (Lipinski definition) is 1. The van der Waals surface area contributed by atoms with Gasteiger partial charge in [0.05, 0.1) is 6.20 Å². The highest BCUT2D eigenvalue weighted by molar-refractivity contribution is 5.09. The second-order valence-electron chi connectivity index (χ2n) is 6.01. The molecular formula is C14H29N5. The monoisotopic (exact) mass is 267 g/mol. The molecule has 0 aliphatic carbocycles. The first-order valence-corrected chi connectivity index (χ1v) is 6.99. The van der Waals surface area contributed by atoms with Gasteiger partial charge in [0.1, 0.15) is 0 Å². The molecule has 0 aromatic carbocycles. The fourth-order valence-electron chi connectivity index (χ4n) is 2.13. The molecule has 2 N–H and O–H groups in total. The van der Waals surface area contributed by atoms with Gasteiger partial charge < -0.3 is 10.6 Å². The highest BCUT2D eigenvalue weighted by Gasteiger charge is 2.15. The Labute approximate surface area is 117 Å². The van der Waals surface area contributed by atoms with Crippen molar-refractivity contribution in [1.82, 2.24) is 19.6 Å². The summed E-state index contributed by atoms with van der Waals surface area (Å²) in [7, 11) is 6.14. The molecule has 0 saturated carbocycles. The van der Waals surface area contributed by atoms with Crippen LogP contribution < -0.4 is 5.73 Å². The van der Waals surface area contributed by atoms with E-state index in [0.29, 0.717) is 5.92 Å². The summed E-state index contributed by atoms with van der Waals surface area (Å²) >= 11 is 0. The minimum absolute atomic E-state index is 0.0367. The Balaban J connectivity index is 2.55. The zero-order valence-electron chi connectivity index (χ0n) is 13.0. The second-order valence-corrected chi connectivity index (χ2v) is 6.01. The zero-order valence-corrected chi connectivity index (χ0v) is 13.0. The standard InChI is InChI=1S/C14H29N5/c1-12(2)9-19(7-6-17(3)4)11-14(15)13-8-16-18(5)10-13/h8,10,12,14H,6-7,9,11,15H2,1-5H3. The van der Waals surface area contributed by atoms with E-state index in [-0.39, 0.29) is 6.04 Å². The van der Waals surface area contributed by atoms with Crippen LogP contribution in [0.25, 0.3) is 0 Å². The number of rotatable bonds is 8. The van der Waals surface area contributed by atoms with Crippen LogP contribution in [0.3, 0.4) is 0 Å². The largest absolute Gasteiger partial charge is 0.323 e. The highest BCUT2D eigenvalue weighted by atomic mass is 15.2. The minimum atomic E-state index is 0.0367. The summed E-state index contributed by atoms with van der Waals surface area (Å²) in [5.41, 5.74) is 7.39. The predicted octanol–water partition coefficient (Wildman–Crippen LogP) is 0.940. The van der Waals surface area contributed by atoms with Crippen molar-refractivity contribution in [1.29, 1.82) is 0 Å². The van der Waals surface area contributed by atoms with Crippen molar-refractivity contribution in [2.45, 2.75) is 19.9 Å². The van der Waals surface area contributed by atoms with Crippen molar-refractivity contribution in [2.24, 2.45) is 18.7 Å². The fraction of sp³-hybridized carbons (Fsp3) is 0.786. The SMILES string of the molecule is CC(C)CN(CCN(C)C)CC(N)c1cnn(C)c1. The molecular weight excluding hydrogens is 238 g/mol. The van der Waals surface area contributed by atoms with E-state index in [1.807, 2.05) is 24.1 Å². The molecule has 1 heterocycles. The van der Waals surface area contributed by atoms with Crippen LogP contribution in [-0.2, 0) is 7.05 Å². The van der Waals surface area contributed by atoms with Gasteiger partial charge >= 0.3 is 0 Å². The van der Waals surface area contributed by atoms with E-state index >= 15 is 0 Å². The van der Waals surface area contributed by atoms with Gasteiger partial charge in [-0.25, -0.2) is 0 Å². The Morgan fingerprint density at radius 3 is 2.42 bits per heavy atom. The van der Waals surface area contributed by atoms with Gasteiger partial charge in [-0.05, 0) is 20.0 Å². The summed E-state index contributed by atoms with van der Waals surface area (Å²) in [6.07, 6.45) is 3.87. The molecule has 0 saturated heterocycles. The summed E-state index contributed by atoms with van der Waals surface area (Å²) in [5.74, 6) is 0.656. The zero-order chi connectivity index (χ0) is 14.4. The summed E-state index contributed by atoms with van der Waals surface area (Å²) in [6, 6.07) is 0.0367. The van der Waals surface area contributed by atoms with Gasteiger partial charge in [-0.15, -0.1) is 0 Å². The minimum Gasteiger partial charge on any atom is -0.323 e.